The Morgan fingerprint density at radius 1 is 1.21 bits per heavy atom. The molecule has 0 saturated carbocycles. The van der Waals surface area contributed by atoms with Gasteiger partial charge in [-0.2, -0.15) is 11.3 Å². The fraction of sp³-hybridized carbons (Fsp3) is 0.200. The molecule has 0 radical (unpaired) electrons. The predicted molar refractivity (Wildman–Crippen MR) is 80.6 cm³/mol. The number of hydrogen-bond donors (Lipinski definition) is 1. The lowest BCUT2D eigenvalue weighted by Gasteiger charge is -2.13. The van der Waals surface area contributed by atoms with E-state index in [1.165, 1.54) is 5.56 Å². The van der Waals surface area contributed by atoms with Crippen LogP contribution in [0.4, 0.5) is 5.82 Å². The molecule has 0 aliphatic heterocycles. The first-order valence-electron chi connectivity index (χ1n) is 6.30. The second-order valence-corrected chi connectivity index (χ2v) is 5.41. The van der Waals surface area contributed by atoms with E-state index in [1.807, 2.05) is 24.3 Å². The van der Waals surface area contributed by atoms with E-state index < -0.39 is 0 Å². The van der Waals surface area contributed by atoms with Crippen molar-refractivity contribution < 1.29 is 0 Å². The Balaban J connectivity index is 1.73. The Bertz CT molecular complexity index is 664. The summed E-state index contributed by atoms with van der Waals surface area (Å²) in [6.07, 6.45) is 2.80. The number of anilines is 1. The van der Waals surface area contributed by atoms with E-state index in [4.69, 9.17) is 0 Å². The number of aromatic nitrogens is 2. The van der Waals surface area contributed by atoms with Crippen LogP contribution < -0.4 is 5.32 Å². The summed E-state index contributed by atoms with van der Waals surface area (Å²) in [6, 6.07) is 10.4. The first-order valence-corrected chi connectivity index (χ1v) is 7.25. The Kier molecular flexibility index (Phi) is 3.42. The third-order valence-electron chi connectivity index (χ3n) is 2.96. The number of para-hydroxylation sites is 2. The Labute approximate surface area is 116 Å². The SMILES string of the molecule is CC(Cc1ccsc1)Nc1cnc2ccccc2n1. The van der Waals surface area contributed by atoms with E-state index in [1.54, 1.807) is 17.5 Å². The van der Waals surface area contributed by atoms with Crippen LogP contribution in [0, 0.1) is 0 Å². The van der Waals surface area contributed by atoms with Gasteiger partial charge >= 0.3 is 0 Å². The molecule has 3 nitrogen and oxygen atoms in total. The molecule has 19 heavy (non-hydrogen) atoms. The number of thiophene rings is 1. The van der Waals surface area contributed by atoms with Crippen LogP contribution in [-0.2, 0) is 6.42 Å². The van der Waals surface area contributed by atoms with Crippen LogP contribution in [0.5, 0.6) is 0 Å². The molecule has 4 heteroatoms. The van der Waals surface area contributed by atoms with Crippen molar-refractivity contribution in [3.8, 4) is 0 Å². The molecule has 0 fully saturated rings. The molecule has 3 rings (SSSR count). The zero-order valence-electron chi connectivity index (χ0n) is 10.7. The van der Waals surface area contributed by atoms with Gasteiger partial charge in [-0.15, -0.1) is 0 Å². The van der Waals surface area contributed by atoms with Gasteiger partial charge < -0.3 is 5.32 Å². The fourth-order valence-electron chi connectivity index (χ4n) is 2.09. The molecule has 1 aromatic carbocycles. The highest BCUT2D eigenvalue weighted by Crippen LogP contribution is 2.14. The summed E-state index contributed by atoms with van der Waals surface area (Å²) >= 11 is 1.73. The average molecular weight is 269 g/mol. The van der Waals surface area contributed by atoms with Crippen LogP contribution in [0.3, 0.4) is 0 Å². The summed E-state index contributed by atoms with van der Waals surface area (Å²) in [6.45, 7) is 2.16. The molecule has 0 aliphatic carbocycles. The fourth-order valence-corrected chi connectivity index (χ4v) is 2.77. The third-order valence-corrected chi connectivity index (χ3v) is 3.70. The highest BCUT2D eigenvalue weighted by Gasteiger charge is 2.06. The van der Waals surface area contributed by atoms with Crippen molar-refractivity contribution >= 4 is 28.2 Å². The van der Waals surface area contributed by atoms with Crippen molar-refractivity contribution in [3.05, 3.63) is 52.9 Å². The van der Waals surface area contributed by atoms with E-state index in [0.717, 1.165) is 23.3 Å². The Morgan fingerprint density at radius 2 is 2.05 bits per heavy atom. The van der Waals surface area contributed by atoms with Gasteiger partial charge in [0.2, 0.25) is 0 Å². The molecular formula is C15H15N3S. The molecule has 0 bridgehead atoms. The van der Waals surface area contributed by atoms with Crippen LogP contribution in [-0.4, -0.2) is 16.0 Å². The van der Waals surface area contributed by atoms with Crippen molar-refractivity contribution in [1.82, 2.24) is 9.97 Å². The second-order valence-electron chi connectivity index (χ2n) is 4.63. The van der Waals surface area contributed by atoms with Crippen molar-refractivity contribution in [2.45, 2.75) is 19.4 Å². The summed E-state index contributed by atoms with van der Waals surface area (Å²) in [5.74, 6) is 0.835. The van der Waals surface area contributed by atoms with Crippen molar-refractivity contribution in [2.75, 3.05) is 5.32 Å². The zero-order chi connectivity index (χ0) is 13.1. The summed E-state index contributed by atoms with van der Waals surface area (Å²) < 4.78 is 0. The average Bonchev–Trinajstić information content (AvgIpc) is 2.91. The minimum Gasteiger partial charge on any atom is -0.366 e. The predicted octanol–water partition coefficient (Wildman–Crippen LogP) is 3.73. The molecule has 2 aromatic heterocycles. The lowest BCUT2D eigenvalue weighted by atomic mass is 10.1. The first-order chi connectivity index (χ1) is 9.31. The zero-order valence-corrected chi connectivity index (χ0v) is 11.5. The molecular weight excluding hydrogens is 254 g/mol. The van der Waals surface area contributed by atoms with E-state index in [-0.39, 0.29) is 0 Å². The minimum absolute atomic E-state index is 0.338. The molecule has 2 heterocycles. The molecule has 0 spiro atoms. The quantitative estimate of drug-likeness (QED) is 0.784. The minimum atomic E-state index is 0.338. The van der Waals surface area contributed by atoms with Gasteiger partial charge in [0.15, 0.2) is 0 Å². The molecule has 0 amide bonds. The van der Waals surface area contributed by atoms with Crippen molar-refractivity contribution in [2.24, 2.45) is 0 Å². The number of benzene rings is 1. The highest BCUT2D eigenvalue weighted by molar-refractivity contribution is 7.07. The molecule has 3 aromatic rings. The van der Waals surface area contributed by atoms with E-state index in [2.05, 4.69) is 39.0 Å². The van der Waals surface area contributed by atoms with E-state index >= 15 is 0 Å². The second kappa shape index (κ2) is 5.36. The summed E-state index contributed by atoms with van der Waals surface area (Å²) in [4.78, 5) is 8.98. The summed E-state index contributed by atoms with van der Waals surface area (Å²) in [5, 5.41) is 7.70. The van der Waals surface area contributed by atoms with Gasteiger partial charge in [0.1, 0.15) is 5.82 Å². The van der Waals surface area contributed by atoms with Crippen molar-refractivity contribution in [1.29, 1.82) is 0 Å². The van der Waals surface area contributed by atoms with E-state index in [9.17, 15) is 0 Å². The molecule has 1 atom stereocenters. The van der Waals surface area contributed by atoms with Gasteiger partial charge in [-0.3, -0.25) is 4.98 Å². The molecule has 1 unspecified atom stereocenters. The third kappa shape index (κ3) is 2.90. The van der Waals surface area contributed by atoms with Crippen LogP contribution in [0.1, 0.15) is 12.5 Å². The van der Waals surface area contributed by atoms with Gasteiger partial charge in [-0.25, -0.2) is 4.98 Å². The number of rotatable bonds is 4. The molecule has 96 valence electrons. The van der Waals surface area contributed by atoms with Gasteiger partial charge in [0, 0.05) is 6.04 Å². The lowest BCUT2D eigenvalue weighted by Crippen LogP contribution is -2.18. The smallest absolute Gasteiger partial charge is 0.145 e. The maximum Gasteiger partial charge on any atom is 0.145 e. The number of hydrogen-bond acceptors (Lipinski definition) is 4. The van der Waals surface area contributed by atoms with Crippen LogP contribution in [0.25, 0.3) is 11.0 Å². The summed E-state index contributed by atoms with van der Waals surface area (Å²) in [5.41, 5.74) is 3.22. The maximum absolute atomic E-state index is 4.57. The molecule has 1 N–H and O–H groups in total. The van der Waals surface area contributed by atoms with Gasteiger partial charge in [0.05, 0.1) is 17.2 Å². The summed E-state index contributed by atoms with van der Waals surface area (Å²) in [7, 11) is 0. The molecule has 0 aliphatic rings. The van der Waals surface area contributed by atoms with Crippen molar-refractivity contribution in [3.63, 3.8) is 0 Å². The van der Waals surface area contributed by atoms with Gasteiger partial charge in [-0.05, 0) is 47.9 Å². The van der Waals surface area contributed by atoms with E-state index in [0.29, 0.717) is 6.04 Å². The normalized spacial score (nSPS) is 12.5. The van der Waals surface area contributed by atoms with Crippen LogP contribution >= 0.6 is 11.3 Å². The largest absolute Gasteiger partial charge is 0.366 e. The van der Waals surface area contributed by atoms with Gasteiger partial charge in [-0.1, -0.05) is 12.1 Å². The number of nitrogens with zero attached hydrogens (tertiary/aromatic N) is 2. The topological polar surface area (TPSA) is 37.8 Å². The monoisotopic (exact) mass is 269 g/mol. The lowest BCUT2D eigenvalue weighted by molar-refractivity contribution is 0.787. The Hall–Kier alpha value is -1.94. The maximum atomic E-state index is 4.57. The van der Waals surface area contributed by atoms with Gasteiger partial charge in [0.25, 0.3) is 0 Å². The standard InChI is InChI=1S/C15H15N3S/c1-11(8-12-6-7-19-10-12)17-15-9-16-13-4-2-3-5-14(13)18-15/h2-7,9-11H,8H2,1H3,(H,17,18). The number of fused-ring (bicyclic) bond motifs is 1. The number of nitrogens with one attached hydrogen (secondary N) is 1. The van der Waals surface area contributed by atoms with Crippen LogP contribution in [0.2, 0.25) is 0 Å². The molecule has 0 saturated heterocycles. The highest BCUT2D eigenvalue weighted by atomic mass is 32.1. The first kappa shape index (κ1) is 12.1. The van der Waals surface area contributed by atoms with Crippen LogP contribution in [0.15, 0.2) is 47.3 Å². The Morgan fingerprint density at radius 3 is 2.84 bits per heavy atom.